The summed E-state index contributed by atoms with van der Waals surface area (Å²) in [5, 5.41) is 15.5. The lowest BCUT2D eigenvalue weighted by atomic mass is 9.89. The van der Waals surface area contributed by atoms with Gasteiger partial charge in [-0.25, -0.2) is 4.79 Å². The Morgan fingerprint density at radius 1 is 0.793 bits per heavy atom. The first-order chi connectivity index (χ1) is 28.0. The number of aliphatic hydroxyl groups excluding tert-OH is 1. The third-order valence-electron chi connectivity index (χ3n) is 10.6. The van der Waals surface area contributed by atoms with Crippen LogP contribution in [-0.2, 0) is 32.2 Å². The lowest BCUT2D eigenvalue weighted by Gasteiger charge is -2.43. The lowest BCUT2D eigenvalue weighted by molar-refractivity contribution is -0.276. The molecule has 58 heavy (non-hydrogen) atoms. The molecule has 2 amide bonds. The van der Waals surface area contributed by atoms with Crippen molar-refractivity contribution in [1.82, 2.24) is 10.2 Å². The van der Waals surface area contributed by atoms with Crippen molar-refractivity contribution in [3.8, 4) is 22.6 Å². The Labute approximate surface area is 341 Å². The Morgan fingerprint density at radius 3 is 2.21 bits per heavy atom. The van der Waals surface area contributed by atoms with Crippen LogP contribution < -0.4 is 15.4 Å². The minimum absolute atomic E-state index is 0.0195. The first-order valence-corrected chi connectivity index (χ1v) is 20.1. The van der Waals surface area contributed by atoms with E-state index in [1.807, 2.05) is 118 Å². The third-order valence-corrected chi connectivity index (χ3v) is 10.6. The summed E-state index contributed by atoms with van der Waals surface area (Å²) in [6.45, 7) is 9.53. The molecular weight excluding hydrogens is 731 g/mol. The quantitative estimate of drug-likeness (QED) is 0.107. The zero-order chi connectivity index (χ0) is 40.6. The number of hydrogen-bond acceptors (Lipinski definition) is 8. The summed E-state index contributed by atoms with van der Waals surface area (Å²) in [6.07, 6.45) is 0.547. The molecule has 2 saturated heterocycles. The number of carbonyl (C=O) groups excluding carboxylic acids is 2. The van der Waals surface area contributed by atoms with E-state index in [0.29, 0.717) is 24.5 Å². The summed E-state index contributed by atoms with van der Waals surface area (Å²) in [5.74, 6) is 1.22. The highest BCUT2D eigenvalue weighted by molar-refractivity contribution is 5.89. The van der Waals surface area contributed by atoms with Gasteiger partial charge in [-0.2, -0.15) is 0 Å². The number of nitrogens with zero attached hydrogens (tertiary/aromatic N) is 1. The van der Waals surface area contributed by atoms with Gasteiger partial charge in [0, 0.05) is 30.3 Å². The van der Waals surface area contributed by atoms with Gasteiger partial charge >= 0.3 is 12.0 Å². The number of aliphatic hydroxyl groups is 1. The molecule has 3 N–H and O–H groups in total. The second-order valence-corrected chi connectivity index (χ2v) is 16.1. The van der Waals surface area contributed by atoms with Crippen molar-refractivity contribution in [1.29, 1.82) is 0 Å². The topological polar surface area (TPSA) is 119 Å². The van der Waals surface area contributed by atoms with E-state index in [1.165, 1.54) is 0 Å². The zero-order valence-electron chi connectivity index (χ0n) is 33.6. The number of carbonyl (C=O) groups is 2. The number of esters is 1. The van der Waals surface area contributed by atoms with E-state index in [2.05, 4.69) is 40.7 Å². The average molecular weight is 784 g/mol. The smallest absolute Gasteiger partial charge is 0.323 e. The summed E-state index contributed by atoms with van der Waals surface area (Å²) in [4.78, 5) is 28.2. The molecule has 5 atom stereocenters. The zero-order valence-corrected chi connectivity index (χ0v) is 33.6. The molecule has 2 aliphatic rings. The van der Waals surface area contributed by atoms with E-state index in [9.17, 15) is 14.7 Å². The molecule has 5 aromatic carbocycles. The first kappa shape index (κ1) is 40.7. The summed E-state index contributed by atoms with van der Waals surface area (Å²) in [6, 6.07) is 40.3. The second kappa shape index (κ2) is 18.4. The Balaban J connectivity index is 1.00. The number of para-hydroxylation sites is 1. The molecule has 2 aliphatic heterocycles. The fraction of sp³-hybridized carbons (Fsp3) is 0.333. The highest BCUT2D eigenvalue weighted by Crippen LogP contribution is 2.43. The minimum Gasteiger partial charge on any atom is -0.459 e. The van der Waals surface area contributed by atoms with Crippen LogP contribution in [0.25, 0.3) is 11.1 Å². The predicted octanol–water partition coefficient (Wildman–Crippen LogP) is 9.56. The summed E-state index contributed by atoms with van der Waals surface area (Å²) in [7, 11) is 0. The maximum absolute atomic E-state index is 13.2. The number of amides is 2. The normalized spacial score (nSPS) is 20.9. The molecule has 2 heterocycles. The standard InChI is InChI=1S/C48H53N3O7/c1-32-43(30-51-27-9-14-42(51)45(53)58-48(2,3)4)56-46(57-44(32)36-17-15-33(31-52)16-18-36)37-21-19-35(20-22-37)38-11-8-10-34(28-38)29-49-47(54)50-39-23-25-41(26-24-39)55-40-12-6-5-7-13-40/h5-8,10-13,15-26,28,32,42-44,46,52H,9,14,27,29-31H2,1-4H3,(H2,49,50,54)/t32-,42+,43+,44+,46+/m1/s1. The van der Waals surface area contributed by atoms with Gasteiger partial charge < -0.3 is 34.7 Å². The van der Waals surface area contributed by atoms with Crippen LogP contribution in [-0.4, -0.2) is 52.8 Å². The molecule has 5 aromatic rings. The van der Waals surface area contributed by atoms with Gasteiger partial charge in [-0.15, -0.1) is 0 Å². The number of anilines is 1. The molecule has 0 aliphatic carbocycles. The highest BCUT2D eigenvalue weighted by atomic mass is 16.7. The van der Waals surface area contributed by atoms with E-state index in [0.717, 1.165) is 58.5 Å². The molecule has 302 valence electrons. The van der Waals surface area contributed by atoms with Crippen molar-refractivity contribution >= 4 is 17.7 Å². The van der Waals surface area contributed by atoms with Gasteiger partial charge in [0.1, 0.15) is 23.1 Å². The number of ether oxygens (including phenoxy) is 4. The second-order valence-electron chi connectivity index (χ2n) is 16.1. The maximum atomic E-state index is 13.2. The van der Waals surface area contributed by atoms with Crippen molar-refractivity contribution < 1.29 is 33.6 Å². The van der Waals surface area contributed by atoms with Crippen molar-refractivity contribution in [3.05, 3.63) is 150 Å². The van der Waals surface area contributed by atoms with E-state index in [4.69, 9.17) is 18.9 Å². The number of nitrogens with one attached hydrogen (secondary N) is 2. The number of hydrogen-bond donors (Lipinski definition) is 3. The van der Waals surface area contributed by atoms with E-state index in [-0.39, 0.29) is 42.8 Å². The number of rotatable bonds is 12. The van der Waals surface area contributed by atoms with Crippen LogP contribution in [0.1, 0.15) is 75.2 Å². The number of benzene rings is 5. The summed E-state index contributed by atoms with van der Waals surface area (Å²) in [5.41, 5.74) is 5.82. The van der Waals surface area contributed by atoms with Crippen molar-refractivity contribution in [3.63, 3.8) is 0 Å². The molecule has 10 nitrogen and oxygen atoms in total. The van der Waals surface area contributed by atoms with Crippen molar-refractivity contribution in [2.24, 2.45) is 5.92 Å². The molecular formula is C48H53N3O7. The van der Waals surface area contributed by atoms with Crippen LogP contribution >= 0.6 is 0 Å². The van der Waals surface area contributed by atoms with Crippen LogP contribution in [0.4, 0.5) is 10.5 Å². The molecule has 0 aromatic heterocycles. The van der Waals surface area contributed by atoms with E-state index < -0.39 is 11.9 Å². The Bertz CT molecular complexity index is 2120. The Hall–Kier alpha value is -5.52. The fourth-order valence-corrected chi connectivity index (χ4v) is 7.52. The van der Waals surface area contributed by atoms with Gasteiger partial charge in [-0.1, -0.05) is 91.9 Å². The third kappa shape index (κ3) is 10.5. The molecule has 2 fully saturated rings. The number of urea groups is 1. The Kier molecular flexibility index (Phi) is 12.9. The SMILES string of the molecule is C[C@@H]1[C@H](CN2CCC[C@H]2C(=O)OC(C)(C)C)O[C@H](c2ccc(-c3cccc(CNC(=O)Nc4ccc(Oc5ccccc5)cc4)c3)cc2)O[C@@H]1c1ccc(CO)cc1. The van der Waals surface area contributed by atoms with Crippen LogP contribution in [0.15, 0.2) is 127 Å². The van der Waals surface area contributed by atoms with Crippen LogP contribution in [0.2, 0.25) is 0 Å². The van der Waals surface area contributed by atoms with Gasteiger partial charge in [0.25, 0.3) is 0 Å². The molecule has 0 bridgehead atoms. The largest absolute Gasteiger partial charge is 0.459 e. The van der Waals surface area contributed by atoms with Crippen molar-refractivity contribution in [2.45, 2.75) is 83.8 Å². The predicted molar refractivity (Wildman–Crippen MR) is 224 cm³/mol. The molecule has 0 radical (unpaired) electrons. The van der Waals surface area contributed by atoms with E-state index in [1.54, 1.807) is 12.1 Å². The molecule has 0 unspecified atom stereocenters. The molecule has 0 spiro atoms. The minimum atomic E-state index is -0.637. The summed E-state index contributed by atoms with van der Waals surface area (Å²) >= 11 is 0. The maximum Gasteiger partial charge on any atom is 0.323 e. The van der Waals surface area contributed by atoms with Gasteiger partial charge in [0.2, 0.25) is 0 Å². The van der Waals surface area contributed by atoms with Crippen LogP contribution in [0.5, 0.6) is 11.5 Å². The van der Waals surface area contributed by atoms with Gasteiger partial charge in [-0.05, 0) is 110 Å². The molecule has 0 saturated carbocycles. The van der Waals surface area contributed by atoms with Crippen LogP contribution in [0.3, 0.4) is 0 Å². The number of likely N-dealkylation sites (tertiary alicyclic amines) is 1. The lowest BCUT2D eigenvalue weighted by Crippen LogP contribution is -2.48. The van der Waals surface area contributed by atoms with Gasteiger partial charge in [-0.3, -0.25) is 9.69 Å². The Morgan fingerprint density at radius 2 is 1.50 bits per heavy atom. The highest BCUT2D eigenvalue weighted by Gasteiger charge is 2.42. The van der Waals surface area contributed by atoms with Crippen molar-refractivity contribution in [2.75, 3.05) is 18.4 Å². The van der Waals surface area contributed by atoms with E-state index >= 15 is 0 Å². The van der Waals surface area contributed by atoms with Gasteiger partial charge in [0.05, 0.1) is 18.8 Å². The van der Waals surface area contributed by atoms with Crippen LogP contribution in [0, 0.1) is 5.92 Å². The monoisotopic (exact) mass is 783 g/mol. The first-order valence-electron chi connectivity index (χ1n) is 20.1. The fourth-order valence-electron chi connectivity index (χ4n) is 7.52. The average Bonchev–Trinajstić information content (AvgIpc) is 3.70. The van der Waals surface area contributed by atoms with Gasteiger partial charge in [0.15, 0.2) is 6.29 Å². The molecule has 10 heteroatoms. The molecule has 7 rings (SSSR count). The summed E-state index contributed by atoms with van der Waals surface area (Å²) < 4.78 is 25.1.